The molecule has 4 N–H and O–H groups in total. The number of aryl methyl sites for hydroxylation is 4. The van der Waals surface area contributed by atoms with Gasteiger partial charge in [0.2, 0.25) is 0 Å². The van der Waals surface area contributed by atoms with Crippen molar-refractivity contribution in [1.82, 2.24) is 0 Å². The lowest BCUT2D eigenvalue weighted by Gasteiger charge is -2.09. The molecule has 36 heavy (non-hydrogen) atoms. The van der Waals surface area contributed by atoms with Crippen molar-refractivity contribution in [3.05, 3.63) is 69.8 Å². The minimum atomic E-state index is -4.51. The van der Waals surface area contributed by atoms with Gasteiger partial charge in [0.15, 0.2) is 0 Å². The molecule has 0 heterocycles. The summed E-state index contributed by atoms with van der Waals surface area (Å²) in [4.78, 5) is 7.88. The first-order chi connectivity index (χ1) is 16.6. The van der Waals surface area contributed by atoms with Crippen LogP contribution in [-0.2, 0) is 20.2 Å². The van der Waals surface area contributed by atoms with Crippen LogP contribution in [0.4, 0.5) is 11.4 Å². The molecule has 0 aliphatic heterocycles. The highest BCUT2D eigenvalue weighted by atomic mass is 32.2. The second kappa shape index (κ2) is 9.82. The van der Waals surface area contributed by atoms with Gasteiger partial charge in [0, 0.05) is 23.6 Å². The maximum atomic E-state index is 11.6. The predicted octanol–water partition coefficient (Wildman–Crippen LogP) is 4.33. The molecule has 3 rings (SSSR count). The molecule has 0 saturated heterocycles. The highest BCUT2D eigenvalue weighted by Crippen LogP contribution is 2.33. The standard InChI is InChI=1S/C24H24N2O8S2/c1-13-7-21(25-11-17-9-19(35(29,30)31)5-15(3)23(17)27)22(8-14(13)2)26-12-18-10-20(36(32,33)34)6-16(4)24(18)28/h5-12,27-28H,1-4H3,(H,29,30,31)(H,32,33,34). The van der Waals surface area contributed by atoms with E-state index in [0.29, 0.717) is 11.4 Å². The van der Waals surface area contributed by atoms with Crippen LogP contribution in [0.3, 0.4) is 0 Å². The largest absolute Gasteiger partial charge is 0.507 e. The maximum absolute atomic E-state index is 11.6. The van der Waals surface area contributed by atoms with E-state index in [2.05, 4.69) is 9.98 Å². The molecule has 10 nitrogen and oxygen atoms in total. The Morgan fingerprint density at radius 3 is 1.22 bits per heavy atom. The van der Waals surface area contributed by atoms with Crippen LogP contribution in [-0.4, -0.2) is 48.6 Å². The first-order valence-electron chi connectivity index (χ1n) is 10.4. The molecule has 12 heteroatoms. The Balaban J connectivity index is 2.11. The van der Waals surface area contributed by atoms with E-state index in [0.717, 1.165) is 35.4 Å². The lowest BCUT2D eigenvalue weighted by atomic mass is 10.1. The summed E-state index contributed by atoms with van der Waals surface area (Å²) in [5.74, 6) is -0.440. The van der Waals surface area contributed by atoms with Crippen LogP contribution in [0.5, 0.6) is 11.5 Å². The van der Waals surface area contributed by atoms with Crippen LogP contribution in [0.1, 0.15) is 33.4 Å². The van der Waals surface area contributed by atoms with Crippen molar-refractivity contribution in [1.29, 1.82) is 0 Å². The highest BCUT2D eigenvalue weighted by Gasteiger charge is 2.16. The van der Waals surface area contributed by atoms with Gasteiger partial charge in [0.05, 0.1) is 21.2 Å². The van der Waals surface area contributed by atoms with Crippen LogP contribution in [0.2, 0.25) is 0 Å². The van der Waals surface area contributed by atoms with Gasteiger partial charge in [-0.2, -0.15) is 16.8 Å². The average molecular weight is 533 g/mol. The number of hydrogen-bond acceptors (Lipinski definition) is 8. The predicted molar refractivity (Wildman–Crippen MR) is 136 cm³/mol. The summed E-state index contributed by atoms with van der Waals surface area (Å²) in [6.07, 6.45) is 2.45. The molecule has 0 fully saturated rings. The topological polar surface area (TPSA) is 174 Å². The average Bonchev–Trinajstić information content (AvgIpc) is 2.76. The number of aromatic hydroxyl groups is 2. The number of phenolic OH excluding ortho intramolecular Hbond substituents is 2. The first-order valence-corrected chi connectivity index (χ1v) is 13.3. The minimum absolute atomic E-state index is 0.0462. The van der Waals surface area contributed by atoms with Crippen molar-refractivity contribution in [3.63, 3.8) is 0 Å². The lowest BCUT2D eigenvalue weighted by Crippen LogP contribution is -2.00. The molecule has 0 saturated carbocycles. The van der Waals surface area contributed by atoms with Gasteiger partial charge < -0.3 is 10.2 Å². The van der Waals surface area contributed by atoms with Crippen LogP contribution >= 0.6 is 0 Å². The Hall–Kier alpha value is -3.58. The summed E-state index contributed by atoms with van der Waals surface area (Å²) in [5, 5.41) is 20.7. The molecule has 0 atom stereocenters. The summed E-state index contributed by atoms with van der Waals surface area (Å²) < 4.78 is 64.9. The summed E-state index contributed by atoms with van der Waals surface area (Å²) in [5.41, 5.74) is 2.90. The van der Waals surface area contributed by atoms with E-state index in [1.165, 1.54) is 26.3 Å². The van der Waals surface area contributed by atoms with E-state index in [4.69, 9.17) is 0 Å². The summed E-state index contributed by atoms with van der Waals surface area (Å²) in [7, 11) is -9.02. The molecule has 0 spiro atoms. The van der Waals surface area contributed by atoms with E-state index in [1.807, 2.05) is 13.8 Å². The molecule has 0 bridgehead atoms. The van der Waals surface area contributed by atoms with E-state index >= 15 is 0 Å². The van der Waals surface area contributed by atoms with Crippen molar-refractivity contribution < 1.29 is 36.2 Å². The fourth-order valence-electron chi connectivity index (χ4n) is 3.31. The van der Waals surface area contributed by atoms with Crippen molar-refractivity contribution >= 4 is 44.0 Å². The normalized spacial score (nSPS) is 12.6. The zero-order valence-corrected chi connectivity index (χ0v) is 21.4. The second-order valence-corrected chi connectivity index (χ2v) is 11.1. The number of rotatable bonds is 6. The molecule has 0 aliphatic carbocycles. The van der Waals surface area contributed by atoms with Crippen LogP contribution in [0.15, 0.2) is 56.2 Å². The fraction of sp³-hybridized carbons (Fsp3) is 0.167. The van der Waals surface area contributed by atoms with Gasteiger partial charge in [-0.1, -0.05) is 0 Å². The quantitative estimate of drug-likeness (QED) is 0.268. The maximum Gasteiger partial charge on any atom is 0.294 e. The van der Waals surface area contributed by atoms with E-state index in [9.17, 15) is 36.2 Å². The van der Waals surface area contributed by atoms with Gasteiger partial charge in [0.25, 0.3) is 20.2 Å². The smallest absolute Gasteiger partial charge is 0.294 e. The van der Waals surface area contributed by atoms with Gasteiger partial charge in [-0.05, 0) is 86.3 Å². The summed E-state index contributed by atoms with van der Waals surface area (Å²) in [6, 6.07) is 7.81. The molecular weight excluding hydrogens is 508 g/mol. The highest BCUT2D eigenvalue weighted by molar-refractivity contribution is 7.86. The summed E-state index contributed by atoms with van der Waals surface area (Å²) >= 11 is 0. The third-order valence-corrected chi connectivity index (χ3v) is 7.14. The molecule has 0 aliphatic rings. The molecule has 3 aromatic carbocycles. The van der Waals surface area contributed by atoms with E-state index in [1.54, 1.807) is 12.1 Å². The number of hydrogen-bond donors (Lipinski definition) is 4. The van der Waals surface area contributed by atoms with Crippen LogP contribution in [0, 0.1) is 27.7 Å². The number of nitrogens with zero attached hydrogens (tertiary/aromatic N) is 2. The van der Waals surface area contributed by atoms with Crippen LogP contribution in [0.25, 0.3) is 0 Å². The molecule has 3 aromatic rings. The second-order valence-electron chi connectivity index (χ2n) is 8.25. The number of aliphatic imine (C=N–C) groups is 2. The van der Waals surface area contributed by atoms with Gasteiger partial charge in [-0.15, -0.1) is 0 Å². The van der Waals surface area contributed by atoms with Crippen molar-refractivity contribution in [3.8, 4) is 11.5 Å². The third-order valence-electron chi connectivity index (χ3n) is 5.48. The zero-order valence-electron chi connectivity index (χ0n) is 19.8. The Labute approximate surface area is 208 Å². The number of benzene rings is 3. The van der Waals surface area contributed by atoms with Crippen LogP contribution < -0.4 is 0 Å². The molecule has 0 aromatic heterocycles. The summed E-state index contributed by atoms with van der Waals surface area (Å²) in [6.45, 7) is 6.63. The van der Waals surface area contributed by atoms with E-state index < -0.39 is 30.0 Å². The minimum Gasteiger partial charge on any atom is -0.507 e. The van der Waals surface area contributed by atoms with Crippen molar-refractivity contribution in [2.24, 2.45) is 9.98 Å². The fourth-order valence-corrected chi connectivity index (χ4v) is 4.51. The molecular formula is C24H24N2O8S2. The number of phenols is 2. The Morgan fingerprint density at radius 2 is 0.917 bits per heavy atom. The zero-order chi connectivity index (χ0) is 27.0. The SMILES string of the molecule is Cc1cc(N=Cc2cc(S(=O)(=O)O)cc(C)c2O)c(N=Cc2cc(S(=O)(=O)O)cc(C)c2O)cc1C. The Kier molecular flexibility index (Phi) is 7.37. The van der Waals surface area contributed by atoms with Gasteiger partial charge in [0.1, 0.15) is 11.5 Å². The Morgan fingerprint density at radius 1 is 0.583 bits per heavy atom. The molecule has 190 valence electrons. The van der Waals surface area contributed by atoms with Crippen molar-refractivity contribution in [2.75, 3.05) is 0 Å². The molecule has 0 amide bonds. The lowest BCUT2D eigenvalue weighted by molar-refractivity contribution is 0.466. The Bertz CT molecular complexity index is 1520. The first kappa shape index (κ1) is 27.0. The van der Waals surface area contributed by atoms with Gasteiger partial charge in [-0.3, -0.25) is 19.1 Å². The van der Waals surface area contributed by atoms with Gasteiger partial charge in [-0.25, -0.2) is 0 Å². The van der Waals surface area contributed by atoms with E-state index in [-0.39, 0.29) is 33.8 Å². The molecule has 0 radical (unpaired) electrons. The van der Waals surface area contributed by atoms with Gasteiger partial charge >= 0.3 is 0 Å². The van der Waals surface area contributed by atoms with Crippen molar-refractivity contribution in [2.45, 2.75) is 37.5 Å². The third kappa shape index (κ3) is 5.97. The molecule has 0 unspecified atom stereocenters. The monoisotopic (exact) mass is 532 g/mol.